The number of amides is 1. The van der Waals surface area contributed by atoms with Crippen LogP contribution in [0.2, 0.25) is 0 Å². The van der Waals surface area contributed by atoms with Crippen molar-refractivity contribution in [1.82, 2.24) is 19.4 Å². The number of fused-ring (bicyclic) bond motifs is 1. The maximum absolute atomic E-state index is 12.9. The van der Waals surface area contributed by atoms with Gasteiger partial charge in [0.25, 0.3) is 5.56 Å². The predicted octanol–water partition coefficient (Wildman–Crippen LogP) is 3.21. The van der Waals surface area contributed by atoms with E-state index in [0.29, 0.717) is 23.5 Å². The topological polar surface area (TPSA) is 90.5 Å². The number of rotatable bonds is 6. The van der Waals surface area contributed by atoms with Gasteiger partial charge in [0.15, 0.2) is 0 Å². The molecule has 1 amide bonds. The summed E-state index contributed by atoms with van der Waals surface area (Å²) in [6.07, 6.45) is 1.44. The highest BCUT2D eigenvalue weighted by Crippen LogP contribution is 2.23. The number of aryl methyl sites for hydroxylation is 2. The molecular weight excluding hydrogens is 394 g/mol. The summed E-state index contributed by atoms with van der Waals surface area (Å²) in [5.74, 6) is 0.376. The molecule has 0 saturated heterocycles. The minimum absolute atomic E-state index is 0.202. The van der Waals surface area contributed by atoms with Crippen LogP contribution in [-0.2, 0) is 11.3 Å². The molecule has 8 heteroatoms. The summed E-state index contributed by atoms with van der Waals surface area (Å²) in [6.45, 7) is 6.29. The molecule has 2 aromatic heterocycles. The van der Waals surface area contributed by atoms with Crippen molar-refractivity contribution in [2.24, 2.45) is 0 Å². The number of ether oxygens (including phenoxy) is 1. The fourth-order valence-electron chi connectivity index (χ4n) is 3.33. The Balaban J connectivity index is 1.56. The van der Waals surface area contributed by atoms with E-state index in [1.807, 2.05) is 39.0 Å². The molecule has 0 aliphatic heterocycles. The maximum atomic E-state index is 12.9. The zero-order chi connectivity index (χ0) is 22.0. The van der Waals surface area contributed by atoms with Gasteiger partial charge in [-0.2, -0.15) is 10.2 Å². The van der Waals surface area contributed by atoms with Gasteiger partial charge in [0.05, 0.1) is 12.3 Å². The fourth-order valence-corrected chi connectivity index (χ4v) is 3.33. The van der Waals surface area contributed by atoms with E-state index in [4.69, 9.17) is 4.74 Å². The number of nitrogens with zero attached hydrogens (tertiary/aromatic N) is 4. The first kappa shape index (κ1) is 20.3. The van der Waals surface area contributed by atoms with Crippen LogP contribution >= 0.6 is 0 Å². The van der Waals surface area contributed by atoms with Gasteiger partial charge in [0, 0.05) is 11.3 Å². The van der Waals surface area contributed by atoms with E-state index in [9.17, 15) is 9.59 Å². The minimum Gasteiger partial charge on any atom is -0.494 e. The predicted molar refractivity (Wildman–Crippen MR) is 118 cm³/mol. The maximum Gasteiger partial charge on any atom is 0.293 e. The Bertz CT molecular complexity index is 1310. The van der Waals surface area contributed by atoms with Crippen molar-refractivity contribution < 1.29 is 9.53 Å². The van der Waals surface area contributed by atoms with E-state index in [-0.39, 0.29) is 18.0 Å². The van der Waals surface area contributed by atoms with E-state index in [0.717, 1.165) is 27.1 Å². The molecule has 2 heterocycles. The van der Waals surface area contributed by atoms with Crippen LogP contribution in [0.5, 0.6) is 5.75 Å². The van der Waals surface area contributed by atoms with Gasteiger partial charge in [-0.15, -0.1) is 0 Å². The number of hydrogen-bond donors (Lipinski definition) is 1. The molecule has 4 rings (SSSR count). The molecule has 4 aromatic rings. The molecular formula is C23H23N5O3. The molecule has 31 heavy (non-hydrogen) atoms. The second-order valence-electron chi connectivity index (χ2n) is 7.28. The Morgan fingerprint density at radius 3 is 2.61 bits per heavy atom. The summed E-state index contributed by atoms with van der Waals surface area (Å²) in [5.41, 5.74) is 4.42. The van der Waals surface area contributed by atoms with Crippen LogP contribution in [-0.4, -0.2) is 31.9 Å². The van der Waals surface area contributed by atoms with Gasteiger partial charge in [0.1, 0.15) is 24.1 Å². The first-order chi connectivity index (χ1) is 14.9. The van der Waals surface area contributed by atoms with Crippen LogP contribution in [0.3, 0.4) is 0 Å². The average Bonchev–Trinajstić information content (AvgIpc) is 3.18. The summed E-state index contributed by atoms with van der Waals surface area (Å²) in [5, 5.41) is 11.3. The van der Waals surface area contributed by atoms with Crippen LogP contribution in [0.25, 0.3) is 16.8 Å². The summed E-state index contributed by atoms with van der Waals surface area (Å²) in [6, 6.07) is 14.9. The van der Waals surface area contributed by atoms with Gasteiger partial charge in [-0.05, 0) is 62.7 Å². The van der Waals surface area contributed by atoms with E-state index in [2.05, 4.69) is 15.5 Å². The van der Waals surface area contributed by atoms with Crippen LogP contribution in [0.15, 0.2) is 59.7 Å². The highest BCUT2D eigenvalue weighted by atomic mass is 16.5. The standard InChI is InChI=1S/C23H23N5O3/c1-4-31-18-9-7-17(8-10-18)25-22(29)13-27-23(30)21-12-20(26-28(21)14-24-27)19-11-15(2)5-6-16(19)3/h5-12,14H,4,13H2,1-3H3,(H,25,29). The third kappa shape index (κ3) is 4.32. The minimum atomic E-state index is -0.381. The Labute approximate surface area is 179 Å². The molecule has 0 atom stereocenters. The summed E-state index contributed by atoms with van der Waals surface area (Å²) < 4.78 is 7.97. The largest absolute Gasteiger partial charge is 0.494 e. The molecule has 0 aliphatic carbocycles. The summed E-state index contributed by atoms with van der Waals surface area (Å²) in [4.78, 5) is 25.3. The van der Waals surface area contributed by atoms with Crippen molar-refractivity contribution in [3.05, 3.63) is 76.3 Å². The van der Waals surface area contributed by atoms with Crippen LogP contribution in [0.4, 0.5) is 5.69 Å². The molecule has 0 aliphatic rings. The van der Waals surface area contributed by atoms with Crippen LogP contribution in [0, 0.1) is 13.8 Å². The monoisotopic (exact) mass is 417 g/mol. The number of aromatic nitrogens is 4. The van der Waals surface area contributed by atoms with Gasteiger partial charge in [-0.25, -0.2) is 9.20 Å². The Morgan fingerprint density at radius 1 is 1.10 bits per heavy atom. The number of anilines is 1. The zero-order valence-electron chi connectivity index (χ0n) is 17.6. The molecule has 0 radical (unpaired) electrons. The first-order valence-electron chi connectivity index (χ1n) is 10.0. The average molecular weight is 417 g/mol. The van der Waals surface area contributed by atoms with Crippen molar-refractivity contribution in [2.75, 3.05) is 11.9 Å². The first-order valence-corrected chi connectivity index (χ1v) is 10.0. The van der Waals surface area contributed by atoms with E-state index >= 15 is 0 Å². The SMILES string of the molecule is CCOc1ccc(NC(=O)Cn2ncn3nc(-c4cc(C)ccc4C)cc3c2=O)cc1. The highest BCUT2D eigenvalue weighted by molar-refractivity contribution is 5.90. The van der Waals surface area contributed by atoms with Crippen molar-refractivity contribution in [2.45, 2.75) is 27.3 Å². The van der Waals surface area contributed by atoms with E-state index in [1.54, 1.807) is 30.3 Å². The number of carbonyl (C=O) groups excluding carboxylic acids is 1. The second kappa shape index (κ2) is 8.43. The highest BCUT2D eigenvalue weighted by Gasteiger charge is 2.14. The molecule has 0 unspecified atom stereocenters. The van der Waals surface area contributed by atoms with Gasteiger partial charge in [-0.1, -0.05) is 17.7 Å². The second-order valence-corrected chi connectivity index (χ2v) is 7.28. The summed E-state index contributed by atoms with van der Waals surface area (Å²) in [7, 11) is 0. The van der Waals surface area contributed by atoms with Gasteiger partial charge in [-0.3, -0.25) is 9.59 Å². The van der Waals surface area contributed by atoms with Gasteiger partial charge < -0.3 is 10.1 Å². The lowest BCUT2D eigenvalue weighted by Crippen LogP contribution is -2.30. The summed E-state index contributed by atoms with van der Waals surface area (Å²) >= 11 is 0. The molecule has 0 fully saturated rings. The lowest BCUT2D eigenvalue weighted by Gasteiger charge is -2.08. The van der Waals surface area contributed by atoms with Crippen LogP contribution in [0.1, 0.15) is 18.1 Å². The molecule has 0 spiro atoms. The fraction of sp³-hybridized carbons (Fsp3) is 0.217. The molecule has 0 saturated carbocycles. The third-order valence-corrected chi connectivity index (χ3v) is 4.90. The molecule has 0 bridgehead atoms. The number of hydrogen-bond acceptors (Lipinski definition) is 5. The normalized spacial score (nSPS) is 10.9. The molecule has 158 valence electrons. The molecule has 2 aromatic carbocycles. The lowest BCUT2D eigenvalue weighted by molar-refractivity contribution is -0.117. The Morgan fingerprint density at radius 2 is 1.87 bits per heavy atom. The number of carbonyl (C=O) groups is 1. The van der Waals surface area contributed by atoms with Crippen LogP contribution < -0.4 is 15.6 Å². The van der Waals surface area contributed by atoms with E-state index in [1.165, 1.54) is 10.8 Å². The molecule has 1 N–H and O–H groups in total. The Kier molecular flexibility index (Phi) is 5.53. The van der Waals surface area contributed by atoms with E-state index < -0.39 is 0 Å². The van der Waals surface area contributed by atoms with Crippen molar-refractivity contribution in [1.29, 1.82) is 0 Å². The quantitative estimate of drug-likeness (QED) is 0.520. The van der Waals surface area contributed by atoms with Crippen molar-refractivity contribution >= 4 is 17.1 Å². The number of benzene rings is 2. The van der Waals surface area contributed by atoms with Gasteiger partial charge in [0.2, 0.25) is 5.91 Å². The number of nitrogens with one attached hydrogen (secondary N) is 1. The van der Waals surface area contributed by atoms with Crippen molar-refractivity contribution in [3.63, 3.8) is 0 Å². The Hall–Kier alpha value is -3.94. The zero-order valence-corrected chi connectivity index (χ0v) is 17.6. The van der Waals surface area contributed by atoms with Gasteiger partial charge >= 0.3 is 0 Å². The third-order valence-electron chi connectivity index (χ3n) is 4.90. The smallest absolute Gasteiger partial charge is 0.293 e. The lowest BCUT2D eigenvalue weighted by atomic mass is 10.0. The molecule has 8 nitrogen and oxygen atoms in total. The van der Waals surface area contributed by atoms with Crippen molar-refractivity contribution in [3.8, 4) is 17.0 Å².